The smallest absolute Gasteiger partial charge is 0.274 e. The van der Waals surface area contributed by atoms with Gasteiger partial charge in [-0.15, -0.1) is 11.3 Å². The molecule has 158 valence electrons. The Kier molecular flexibility index (Phi) is 6.09. The van der Waals surface area contributed by atoms with Crippen LogP contribution in [0.4, 0.5) is 0 Å². The molecule has 1 aromatic carbocycles. The molecular formula is C19H19ClN4O4S2. The van der Waals surface area contributed by atoms with E-state index in [1.54, 1.807) is 46.8 Å². The van der Waals surface area contributed by atoms with Gasteiger partial charge in [0.2, 0.25) is 0 Å². The monoisotopic (exact) mass is 466 g/mol. The molecule has 0 aliphatic carbocycles. The lowest BCUT2D eigenvalue weighted by Gasteiger charge is -2.33. The summed E-state index contributed by atoms with van der Waals surface area (Å²) in [4.78, 5) is 14.4. The second-order valence-corrected chi connectivity index (χ2v) is 10.1. The minimum atomic E-state index is -3.50. The van der Waals surface area contributed by atoms with Gasteiger partial charge in [-0.1, -0.05) is 29.8 Å². The van der Waals surface area contributed by atoms with E-state index in [-0.39, 0.29) is 31.4 Å². The minimum Gasteiger partial charge on any atom is -0.470 e. The maximum absolute atomic E-state index is 12.7. The molecule has 0 atom stereocenters. The Balaban J connectivity index is 1.34. The first kappa shape index (κ1) is 20.9. The molecule has 11 heteroatoms. The summed E-state index contributed by atoms with van der Waals surface area (Å²) >= 11 is 7.25. The van der Waals surface area contributed by atoms with Crippen LogP contribution in [-0.4, -0.2) is 59.5 Å². The maximum atomic E-state index is 12.7. The molecule has 0 spiro atoms. The predicted octanol–water partition coefficient (Wildman–Crippen LogP) is 2.78. The third kappa shape index (κ3) is 4.36. The highest BCUT2D eigenvalue weighted by atomic mass is 35.5. The van der Waals surface area contributed by atoms with Crippen molar-refractivity contribution in [3.05, 3.63) is 64.8 Å². The van der Waals surface area contributed by atoms with Crippen molar-refractivity contribution in [3.63, 3.8) is 0 Å². The summed E-state index contributed by atoms with van der Waals surface area (Å²) in [6.07, 6.45) is 1.65. The number of sulfonamides is 1. The fraction of sp³-hybridized carbons (Fsp3) is 0.263. The van der Waals surface area contributed by atoms with Gasteiger partial charge in [-0.25, -0.2) is 13.1 Å². The lowest BCUT2D eigenvalue weighted by molar-refractivity contribution is 0.0690. The maximum Gasteiger partial charge on any atom is 0.274 e. The number of aromatic nitrogens is 2. The normalized spacial score (nSPS) is 15.3. The number of piperazine rings is 1. The number of nitrogens with zero attached hydrogens (tertiary/aromatic N) is 4. The Morgan fingerprint density at radius 2 is 1.87 bits per heavy atom. The number of carbonyl (C=O) groups is 1. The van der Waals surface area contributed by atoms with Crippen LogP contribution in [0.5, 0.6) is 5.75 Å². The number of thiophene rings is 1. The Labute approximate surface area is 183 Å². The number of carbonyl (C=O) groups excluding carboxylic acids is 1. The Hall–Kier alpha value is -2.40. The van der Waals surface area contributed by atoms with Crippen LogP contribution < -0.4 is 4.74 Å². The highest BCUT2D eigenvalue weighted by Gasteiger charge is 2.31. The van der Waals surface area contributed by atoms with E-state index < -0.39 is 10.0 Å². The quantitative estimate of drug-likeness (QED) is 0.557. The summed E-state index contributed by atoms with van der Waals surface area (Å²) in [5.74, 6) is 0.297. The molecule has 0 unspecified atom stereocenters. The third-order valence-corrected chi connectivity index (χ3v) is 8.25. The summed E-state index contributed by atoms with van der Waals surface area (Å²) in [5.41, 5.74) is 0.285. The van der Waals surface area contributed by atoms with Crippen LogP contribution in [0.1, 0.15) is 10.5 Å². The molecule has 3 heterocycles. The van der Waals surface area contributed by atoms with Crippen molar-refractivity contribution in [3.8, 4) is 5.75 Å². The largest absolute Gasteiger partial charge is 0.470 e. The van der Waals surface area contributed by atoms with E-state index in [1.807, 2.05) is 12.1 Å². The molecule has 30 heavy (non-hydrogen) atoms. The lowest BCUT2D eigenvalue weighted by atomic mass is 10.3. The molecule has 0 bridgehead atoms. The molecule has 0 N–H and O–H groups in total. The van der Waals surface area contributed by atoms with Crippen molar-refractivity contribution in [2.24, 2.45) is 0 Å². The number of benzene rings is 1. The van der Waals surface area contributed by atoms with Crippen molar-refractivity contribution in [2.45, 2.75) is 10.9 Å². The van der Waals surface area contributed by atoms with Gasteiger partial charge >= 0.3 is 0 Å². The fourth-order valence-corrected chi connectivity index (χ4v) is 5.83. The van der Waals surface area contributed by atoms with Gasteiger partial charge in [0.15, 0.2) is 12.4 Å². The van der Waals surface area contributed by atoms with Gasteiger partial charge in [0.05, 0.1) is 5.02 Å². The first-order chi connectivity index (χ1) is 14.4. The van der Waals surface area contributed by atoms with E-state index in [9.17, 15) is 13.2 Å². The van der Waals surface area contributed by atoms with Crippen LogP contribution in [-0.2, 0) is 16.8 Å². The van der Waals surface area contributed by atoms with Gasteiger partial charge < -0.3 is 9.64 Å². The molecule has 1 aliphatic heterocycles. The van der Waals surface area contributed by atoms with E-state index in [0.717, 1.165) is 0 Å². The van der Waals surface area contributed by atoms with Crippen molar-refractivity contribution < 1.29 is 17.9 Å². The number of halogens is 1. The molecule has 1 amide bonds. The minimum absolute atomic E-state index is 0.115. The molecule has 4 rings (SSSR count). The highest BCUT2D eigenvalue weighted by molar-refractivity contribution is 7.91. The van der Waals surface area contributed by atoms with Crippen LogP contribution in [0.25, 0.3) is 0 Å². The third-order valence-electron chi connectivity index (χ3n) is 4.66. The zero-order valence-corrected chi connectivity index (χ0v) is 18.2. The second kappa shape index (κ2) is 8.76. The van der Waals surface area contributed by atoms with Gasteiger partial charge in [-0.05, 0) is 29.6 Å². The van der Waals surface area contributed by atoms with E-state index in [1.165, 1.54) is 20.3 Å². The Bertz CT molecular complexity index is 1120. The Morgan fingerprint density at radius 1 is 1.10 bits per heavy atom. The van der Waals surface area contributed by atoms with Crippen molar-refractivity contribution in [1.29, 1.82) is 0 Å². The number of para-hydroxylation sites is 1. The molecular weight excluding hydrogens is 448 g/mol. The number of rotatable bonds is 6. The molecule has 1 saturated heterocycles. The molecule has 1 aliphatic rings. The number of ether oxygens (including phenoxy) is 1. The topological polar surface area (TPSA) is 84.7 Å². The number of hydrogen-bond donors (Lipinski definition) is 0. The SMILES string of the molecule is O=C(c1ccn(COc2ccccc2Cl)n1)N1CCN(S(=O)(=O)c2cccs2)CC1. The van der Waals surface area contributed by atoms with Gasteiger partial charge in [-0.2, -0.15) is 9.40 Å². The first-order valence-electron chi connectivity index (χ1n) is 9.19. The average Bonchev–Trinajstić information content (AvgIpc) is 3.45. The van der Waals surface area contributed by atoms with Crippen LogP contribution in [0.15, 0.2) is 58.3 Å². The van der Waals surface area contributed by atoms with Gasteiger partial charge in [-0.3, -0.25) is 4.79 Å². The standard InChI is InChI=1S/C19H19ClN4O4S2/c20-15-4-1-2-5-17(15)28-14-23-8-7-16(21-23)19(25)22-9-11-24(12-10-22)30(26,27)18-6-3-13-29-18/h1-8,13H,9-12,14H2. The van der Waals surface area contributed by atoms with Crippen LogP contribution in [0.2, 0.25) is 5.02 Å². The predicted molar refractivity (Wildman–Crippen MR) is 113 cm³/mol. The van der Waals surface area contributed by atoms with E-state index in [2.05, 4.69) is 5.10 Å². The zero-order valence-electron chi connectivity index (χ0n) is 15.8. The van der Waals surface area contributed by atoms with Crippen LogP contribution >= 0.6 is 22.9 Å². The van der Waals surface area contributed by atoms with E-state index in [0.29, 0.717) is 28.1 Å². The van der Waals surface area contributed by atoms with Crippen LogP contribution in [0.3, 0.4) is 0 Å². The summed E-state index contributed by atoms with van der Waals surface area (Å²) in [6.45, 7) is 1.24. The van der Waals surface area contributed by atoms with Crippen LogP contribution in [0, 0.1) is 0 Å². The van der Waals surface area contributed by atoms with Crippen molar-refractivity contribution >= 4 is 38.9 Å². The summed E-state index contributed by atoms with van der Waals surface area (Å²) in [6, 6.07) is 12.0. The van der Waals surface area contributed by atoms with E-state index >= 15 is 0 Å². The Morgan fingerprint density at radius 3 is 2.57 bits per heavy atom. The van der Waals surface area contributed by atoms with Gasteiger partial charge in [0.25, 0.3) is 15.9 Å². The van der Waals surface area contributed by atoms with Gasteiger partial charge in [0.1, 0.15) is 9.96 Å². The second-order valence-electron chi connectivity index (χ2n) is 6.57. The average molecular weight is 467 g/mol. The number of amides is 1. The molecule has 0 saturated carbocycles. The molecule has 1 fully saturated rings. The zero-order chi connectivity index (χ0) is 21.1. The van der Waals surface area contributed by atoms with Crippen molar-refractivity contribution in [2.75, 3.05) is 26.2 Å². The van der Waals surface area contributed by atoms with E-state index in [4.69, 9.17) is 16.3 Å². The molecule has 0 radical (unpaired) electrons. The summed E-state index contributed by atoms with van der Waals surface area (Å²) in [5, 5.41) is 6.50. The lowest BCUT2D eigenvalue weighted by Crippen LogP contribution is -2.50. The molecule has 3 aromatic rings. The fourth-order valence-electron chi connectivity index (χ4n) is 3.08. The van der Waals surface area contributed by atoms with Crippen molar-refractivity contribution in [1.82, 2.24) is 19.0 Å². The summed E-state index contributed by atoms with van der Waals surface area (Å²) in [7, 11) is -3.50. The molecule has 2 aromatic heterocycles. The molecule has 8 nitrogen and oxygen atoms in total. The van der Waals surface area contributed by atoms with Gasteiger partial charge in [0, 0.05) is 32.4 Å². The first-order valence-corrected chi connectivity index (χ1v) is 11.9. The highest BCUT2D eigenvalue weighted by Crippen LogP contribution is 2.24. The number of hydrogen-bond acceptors (Lipinski definition) is 6. The summed E-state index contributed by atoms with van der Waals surface area (Å²) < 4.78 is 34.1.